The predicted octanol–water partition coefficient (Wildman–Crippen LogP) is 5.37. The summed E-state index contributed by atoms with van der Waals surface area (Å²) < 4.78 is 37.6. The van der Waals surface area contributed by atoms with Crippen LogP contribution >= 0.6 is 0 Å². The number of sulfonamides is 1. The zero-order valence-electron chi connectivity index (χ0n) is 29.5. The van der Waals surface area contributed by atoms with Gasteiger partial charge in [0.1, 0.15) is 22.3 Å². The van der Waals surface area contributed by atoms with Gasteiger partial charge in [-0.25, -0.2) is 13.1 Å². The van der Waals surface area contributed by atoms with E-state index in [9.17, 15) is 18.0 Å². The number of aromatic nitrogens is 3. The summed E-state index contributed by atoms with van der Waals surface area (Å²) in [6.07, 6.45) is 1.14. The van der Waals surface area contributed by atoms with Crippen LogP contribution in [-0.2, 0) is 32.7 Å². The topological polar surface area (TPSA) is 136 Å². The third kappa shape index (κ3) is 7.65. The second-order valence-corrected chi connectivity index (χ2v) is 15.3. The number of hydrogen-bond acceptors (Lipinski definition) is 7. The monoisotopic (exact) mass is 688 g/mol. The van der Waals surface area contributed by atoms with Gasteiger partial charge < -0.3 is 15.4 Å². The van der Waals surface area contributed by atoms with Gasteiger partial charge in [-0.3, -0.25) is 9.59 Å². The fourth-order valence-corrected chi connectivity index (χ4v) is 8.33. The summed E-state index contributed by atoms with van der Waals surface area (Å²) in [7, 11) is -3.85. The molecular weight excluding hydrogens is 641 g/mol. The average molecular weight is 689 g/mol. The summed E-state index contributed by atoms with van der Waals surface area (Å²) in [4.78, 5) is 24.8. The first kappa shape index (κ1) is 36.0. The highest BCUT2D eigenvalue weighted by atomic mass is 32.2. The van der Waals surface area contributed by atoms with Crippen LogP contribution in [0, 0.1) is 13.8 Å². The maximum absolute atomic E-state index is 14.0. The molecule has 0 saturated carbocycles. The van der Waals surface area contributed by atoms with E-state index >= 15 is 0 Å². The van der Waals surface area contributed by atoms with Gasteiger partial charge in [0.15, 0.2) is 0 Å². The number of para-hydroxylation sites is 1. The largest absolute Gasteiger partial charge is 0.488 e. The minimum atomic E-state index is -3.85. The highest BCUT2D eigenvalue weighted by molar-refractivity contribution is 7.89. The third-order valence-corrected chi connectivity index (χ3v) is 11.3. The highest BCUT2D eigenvalue weighted by Crippen LogP contribution is 2.40. The number of amides is 2. The van der Waals surface area contributed by atoms with Crippen LogP contribution in [0.5, 0.6) is 5.75 Å². The minimum absolute atomic E-state index is 0.122. The van der Waals surface area contributed by atoms with Gasteiger partial charge in [0.2, 0.25) is 21.8 Å². The van der Waals surface area contributed by atoms with E-state index in [1.807, 2.05) is 58.4 Å². The quantitative estimate of drug-likeness (QED) is 0.191. The Hall–Kier alpha value is -4.29. The summed E-state index contributed by atoms with van der Waals surface area (Å²) in [6.45, 7) is 15.0. The van der Waals surface area contributed by atoms with Crippen molar-refractivity contribution in [2.75, 3.05) is 13.1 Å². The molecule has 11 nitrogen and oxygen atoms in total. The molecule has 1 aliphatic heterocycles. The zero-order valence-corrected chi connectivity index (χ0v) is 30.4. The van der Waals surface area contributed by atoms with Crippen LogP contribution in [0.3, 0.4) is 0 Å². The lowest BCUT2D eigenvalue weighted by atomic mass is 9.74. The Balaban J connectivity index is 1.56. The van der Waals surface area contributed by atoms with E-state index in [1.165, 1.54) is 11.2 Å². The van der Waals surface area contributed by atoms with Crippen molar-refractivity contribution in [3.63, 3.8) is 0 Å². The molecular formula is C37H48N6O5S. The van der Waals surface area contributed by atoms with E-state index in [-0.39, 0.29) is 48.2 Å². The number of ether oxygens (including phenoxy) is 1. The van der Waals surface area contributed by atoms with E-state index in [0.717, 1.165) is 38.9 Å². The fourth-order valence-electron chi connectivity index (χ4n) is 6.76. The smallest absolute Gasteiger partial charge is 0.247 e. The molecule has 2 atom stereocenters. The number of aryl methyl sites for hydroxylation is 3. The Morgan fingerprint density at radius 3 is 2.55 bits per heavy atom. The van der Waals surface area contributed by atoms with Crippen LogP contribution in [0.15, 0.2) is 59.5 Å². The minimum Gasteiger partial charge on any atom is -0.488 e. The summed E-state index contributed by atoms with van der Waals surface area (Å²) in [5, 5.41) is 14.9. The molecule has 2 N–H and O–H groups in total. The van der Waals surface area contributed by atoms with Gasteiger partial charge in [0, 0.05) is 44.4 Å². The van der Waals surface area contributed by atoms with Gasteiger partial charge in [-0.15, -0.1) is 5.10 Å². The van der Waals surface area contributed by atoms with E-state index < -0.39 is 15.6 Å². The molecule has 0 spiro atoms. The number of nitrogens with zero attached hydrogens (tertiary/aromatic N) is 4. The van der Waals surface area contributed by atoms with E-state index in [4.69, 9.17) is 4.74 Å². The maximum Gasteiger partial charge on any atom is 0.247 e. The van der Waals surface area contributed by atoms with Crippen LogP contribution < -0.4 is 15.4 Å². The third-order valence-electron chi connectivity index (χ3n) is 9.41. The SMILES string of the molecule is CC[C@@H]1CN(Cc2cc(C(c3ccc4c(nnn4CC)c3C)C(C)(C)NC(=O)CCCNC(C)=O)ccc2C)S(=O)(=O)c2ccccc2O1. The summed E-state index contributed by atoms with van der Waals surface area (Å²) in [6, 6.07) is 17.1. The van der Waals surface area contributed by atoms with Crippen molar-refractivity contribution in [3.8, 4) is 5.75 Å². The van der Waals surface area contributed by atoms with Crippen LogP contribution in [0.4, 0.5) is 0 Å². The van der Waals surface area contributed by atoms with E-state index in [0.29, 0.717) is 31.7 Å². The normalized spacial score (nSPS) is 16.8. The van der Waals surface area contributed by atoms with E-state index in [1.54, 1.807) is 24.3 Å². The molecule has 0 fully saturated rings. The van der Waals surface area contributed by atoms with Crippen molar-refractivity contribution in [1.82, 2.24) is 29.9 Å². The van der Waals surface area contributed by atoms with Crippen molar-refractivity contribution in [2.45, 2.75) is 103 Å². The number of benzene rings is 3. The lowest BCUT2D eigenvalue weighted by Crippen LogP contribution is -2.48. The molecule has 0 radical (unpaired) electrons. The lowest BCUT2D eigenvalue weighted by Gasteiger charge is -2.37. The van der Waals surface area contributed by atoms with Crippen LogP contribution in [-0.4, -0.2) is 64.3 Å². The summed E-state index contributed by atoms with van der Waals surface area (Å²) in [5.41, 5.74) is 5.68. The molecule has 5 rings (SSSR count). The molecule has 1 aliphatic rings. The van der Waals surface area contributed by atoms with Gasteiger partial charge >= 0.3 is 0 Å². The van der Waals surface area contributed by atoms with Gasteiger partial charge in [-0.1, -0.05) is 48.5 Å². The maximum atomic E-state index is 14.0. The Kier molecular flexibility index (Phi) is 10.8. The van der Waals surface area contributed by atoms with E-state index in [2.05, 4.69) is 39.1 Å². The molecule has 3 aromatic carbocycles. The Bertz CT molecular complexity index is 1950. The fraction of sp³-hybridized carbons (Fsp3) is 0.459. The number of fused-ring (bicyclic) bond motifs is 2. The van der Waals surface area contributed by atoms with Crippen molar-refractivity contribution in [1.29, 1.82) is 0 Å². The second-order valence-electron chi connectivity index (χ2n) is 13.4. The Labute approximate surface area is 289 Å². The standard InChI is InChI=1S/C37H48N6O5S/c1-8-29-23-42(49(46,47)33-14-11-10-13-32(33)48-29)22-28-21-27(17-16-24(28)3)35(37(6,7)39-34(45)15-12-20-38-26(5)44)30-18-19-31-36(25(30)4)40-41-43(31)9-2/h10-11,13-14,16-19,21,29,35H,8-9,12,15,20,22-23H2,1-7H3,(H,38,44)(H,39,45)/t29-,35?/m1/s1. The molecule has 2 amide bonds. The summed E-state index contributed by atoms with van der Waals surface area (Å²) >= 11 is 0. The van der Waals surface area contributed by atoms with Crippen LogP contribution in [0.25, 0.3) is 11.0 Å². The molecule has 0 saturated heterocycles. The first-order valence-corrected chi connectivity index (χ1v) is 18.4. The highest BCUT2D eigenvalue weighted by Gasteiger charge is 2.37. The molecule has 2 heterocycles. The van der Waals surface area contributed by atoms with Crippen molar-refractivity contribution in [3.05, 3.63) is 82.4 Å². The van der Waals surface area contributed by atoms with Gasteiger partial charge in [-0.05, 0) is 93.5 Å². The molecule has 4 aromatic rings. The lowest BCUT2D eigenvalue weighted by molar-refractivity contribution is -0.123. The first-order valence-electron chi connectivity index (χ1n) is 17.0. The summed E-state index contributed by atoms with van der Waals surface area (Å²) in [5.74, 6) is -0.196. The second kappa shape index (κ2) is 14.7. The average Bonchev–Trinajstić information content (AvgIpc) is 3.44. The molecule has 1 aromatic heterocycles. The molecule has 49 heavy (non-hydrogen) atoms. The van der Waals surface area contributed by atoms with Crippen LogP contribution in [0.1, 0.15) is 87.6 Å². The molecule has 12 heteroatoms. The van der Waals surface area contributed by atoms with Gasteiger partial charge in [0.25, 0.3) is 0 Å². The number of nitrogens with one attached hydrogen (secondary N) is 2. The van der Waals surface area contributed by atoms with Gasteiger partial charge in [0.05, 0.1) is 12.1 Å². The van der Waals surface area contributed by atoms with Crippen molar-refractivity contribution in [2.24, 2.45) is 0 Å². The van der Waals surface area contributed by atoms with Gasteiger partial charge in [-0.2, -0.15) is 4.31 Å². The molecule has 1 unspecified atom stereocenters. The molecule has 0 bridgehead atoms. The van der Waals surface area contributed by atoms with Crippen LogP contribution in [0.2, 0.25) is 0 Å². The first-order chi connectivity index (χ1) is 23.3. The van der Waals surface area contributed by atoms with Crippen molar-refractivity contribution >= 4 is 32.9 Å². The van der Waals surface area contributed by atoms with Crippen molar-refractivity contribution < 1.29 is 22.7 Å². The number of rotatable bonds is 12. The number of hydrogen-bond donors (Lipinski definition) is 2. The zero-order chi connectivity index (χ0) is 35.5. The molecule has 0 aliphatic carbocycles. The Morgan fingerprint density at radius 2 is 1.84 bits per heavy atom. The number of carbonyl (C=O) groups excluding carboxylic acids is 2. The predicted molar refractivity (Wildman–Crippen MR) is 190 cm³/mol. The molecule has 262 valence electrons. The number of carbonyl (C=O) groups is 2. The Morgan fingerprint density at radius 1 is 1.08 bits per heavy atom.